The monoisotopic (exact) mass is 236 g/mol. The molecule has 0 amide bonds. The maximum atomic E-state index is 10.6. The maximum absolute atomic E-state index is 10.6. The summed E-state index contributed by atoms with van der Waals surface area (Å²) < 4.78 is 0. The van der Waals surface area contributed by atoms with Crippen molar-refractivity contribution in [2.45, 2.75) is 57.8 Å². The number of nitrogens with zero attached hydrogens (tertiary/aromatic N) is 1. The van der Waals surface area contributed by atoms with Crippen molar-refractivity contribution in [2.24, 2.45) is 0 Å². The van der Waals surface area contributed by atoms with Gasteiger partial charge in [-0.1, -0.05) is 19.3 Å². The van der Waals surface area contributed by atoms with Gasteiger partial charge in [-0.2, -0.15) is 5.10 Å². The summed E-state index contributed by atoms with van der Waals surface area (Å²) in [6.45, 7) is 2.06. The Morgan fingerprint density at radius 1 is 1.41 bits per heavy atom. The molecule has 1 aromatic rings. The molecule has 2 N–H and O–H groups in total. The second-order valence-electron chi connectivity index (χ2n) is 4.94. The van der Waals surface area contributed by atoms with Gasteiger partial charge in [-0.15, -0.1) is 0 Å². The summed E-state index contributed by atoms with van der Waals surface area (Å²) in [6, 6.07) is 0. The van der Waals surface area contributed by atoms with Crippen molar-refractivity contribution in [3.63, 3.8) is 0 Å². The molecule has 4 nitrogen and oxygen atoms in total. The van der Waals surface area contributed by atoms with Gasteiger partial charge in [0.25, 0.3) is 0 Å². The van der Waals surface area contributed by atoms with Gasteiger partial charge >= 0.3 is 5.97 Å². The fraction of sp³-hybridized carbons (Fsp3) is 0.692. The Balaban J connectivity index is 2.05. The second-order valence-corrected chi connectivity index (χ2v) is 4.94. The molecule has 0 radical (unpaired) electrons. The molecule has 2 rings (SSSR count). The Kier molecular flexibility index (Phi) is 3.82. The first-order chi connectivity index (χ1) is 8.18. The fourth-order valence-electron chi connectivity index (χ4n) is 2.70. The maximum Gasteiger partial charge on any atom is 0.303 e. The summed E-state index contributed by atoms with van der Waals surface area (Å²) in [7, 11) is 0. The summed E-state index contributed by atoms with van der Waals surface area (Å²) in [5, 5.41) is 16.1. The quantitative estimate of drug-likeness (QED) is 0.844. The van der Waals surface area contributed by atoms with Gasteiger partial charge in [0.05, 0.1) is 12.1 Å². The molecule has 1 saturated carbocycles. The highest BCUT2D eigenvalue weighted by Gasteiger charge is 2.21. The van der Waals surface area contributed by atoms with Gasteiger partial charge in [0, 0.05) is 11.6 Å². The topological polar surface area (TPSA) is 66.0 Å². The molecule has 4 heteroatoms. The molecule has 94 valence electrons. The van der Waals surface area contributed by atoms with Gasteiger partial charge < -0.3 is 5.11 Å². The van der Waals surface area contributed by atoms with Crippen LogP contribution in [0.4, 0.5) is 0 Å². The molecule has 0 bridgehead atoms. The number of carbonyl (C=O) groups is 1. The fourth-order valence-corrected chi connectivity index (χ4v) is 2.70. The van der Waals surface area contributed by atoms with E-state index in [2.05, 4.69) is 17.1 Å². The molecule has 0 saturated heterocycles. The van der Waals surface area contributed by atoms with Crippen LogP contribution in [0, 0.1) is 6.92 Å². The van der Waals surface area contributed by atoms with Crippen molar-refractivity contribution in [2.75, 3.05) is 0 Å². The minimum absolute atomic E-state index is 0.174. The van der Waals surface area contributed by atoms with E-state index in [-0.39, 0.29) is 6.42 Å². The zero-order valence-corrected chi connectivity index (χ0v) is 10.3. The van der Waals surface area contributed by atoms with Crippen molar-refractivity contribution in [1.82, 2.24) is 10.2 Å². The van der Waals surface area contributed by atoms with E-state index < -0.39 is 5.97 Å². The standard InChI is InChI=1S/C13H20N2O2/c1-9-11(7-8-12(16)17)14-15-13(9)10-5-3-2-4-6-10/h10H,2-8H2,1H3,(H,14,15)(H,16,17). The predicted octanol–water partition coefficient (Wildman–Crippen LogP) is 2.78. The molecule has 17 heavy (non-hydrogen) atoms. The number of carboxylic acid groups (broad SMARTS) is 1. The first-order valence-electron chi connectivity index (χ1n) is 6.44. The Bertz CT molecular complexity index is 392. The molecule has 1 fully saturated rings. The molecule has 0 aliphatic heterocycles. The Morgan fingerprint density at radius 2 is 2.12 bits per heavy atom. The van der Waals surface area contributed by atoms with Crippen molar-refractivity contribution in [3.8, 4) is 0 Å². The zero-order chi connectivity index (χ0) is 12.3. The number of nitrogens with one attached hydrogen (secondary N) is 1. The van der Waals surface area contributed by atoms with Crippen LogP contribution in [0.1, 0.15) is 61.4 Å². The number of rotatable bonds is 4. The van der Waals surface area contributed by atoms with Gasteiger partial charge in [-0.3, -0.25) is 9.89 Å². The van der Waals surface area contributed by atoms with E-state index in [1.807, 2.05) is 0 Å². The van der Waals surface area contributed by atoms with Crippen molar-refractivity contribution in [1.29, 1.82) is 0 Å². The lowest BCUT2D eigenvalue weighted by molar-refractivity contribution is -0.136. The second kappa shape index (κ2) is 5.34. The summed E-state index contributed by atoms with van der Waals surface area (Å²) in [6.07, 6.45) is 7.11. The van der Waals surface area contributed by atoms with Gasteiger partial charge in [0.1, 0.15) is 0 Å². The molecular weight excluding hydrogens is 216 g/mol. The number of aromatic nitrogens is 2. The first kappa shape index (κ1) is 12.1. The van der Waals surface area contributed by atoms with Crippen molar-refractivity contribution >= 4 is 5.97 Å². The van der Waals surface area contributed by atoms with Crippen LogP contribution in [0.15, 0.2) is 0 Å². The van der Waals surface area contributed by atoms with E-state index in [9.17, 15) is 4.79 Å². The third-order valence-electron chi connectivity index (χ3n) is 3.73. The van der Waals surface area contributed by atoms with E-state index >= 15 is 0 Å². The molecular formula is C13H20N2O2. The van der Waals surface area contributed by atoms with Crippen LogP contribution in [-0.4, -0.2) is 21.3 Å². The molecule has 0 atom stereocenters. The van der Waals surface area contributed by atoms with E-state index in [0.29, 0.717) is 12.3 Å². The van der Waals surface area contributed by atoms with E-state index in [0.717, 1.165) is 5.69 Å². The van der Waals surface area contributed by atoms with Crippen LogP contribution in [0.3, 0.4) is 0 Å². The van der Waals surface area contributed by atoms with E-state index in [4.69, 9.17) is 5.11 Å². The lowest BCUT2D eigenvalue weighted by Crippen LogP contribution is -2.06. The highest BCUT2D eigenvalue weighted by atomic mass is 16.4. The van der Waals surface area contributed by atoms with Crippen LogP contribution in [0.5, 0.6) is 0 Å². The summed E-state index contributed by atoms with van der Waals surface area (Å²) in [5.41, 5.74) is 3.34. The van der Waals surface area contributed by atoms with E-state index in [1.54, 1.807) is 0 Å². The van der Waals surface area contributed by atoms with Crippen LogP contribution < -0.4 is 0 Å². The van der Waals surface area contributed by atoms with Crippen LogP contribution >= 0.6 is 0 Å². The third-order valence-corrected chi connectivity index (χ3v) is 3.73. The highest BCUT2D eigenvalue weighted by Crippen LogP contribution is 2.33. The number of hydrogen-bond acceptors (Lipinski definition) is 2. The van der Waals surface area contributed by atoms with Gasteiger partial charge in [0.2, 0.25) is 0 Å². The highest BCUT2D eigenvalue weighted by molar-refractivity contribution is 5.67. The molecule has 1 aliphatic rings. The lowest BCUT2D eigenvalue weighted by atomic mass is 9.85. The molecule has 1 aromatic heterocycles. The zero-order valence-electron chi connectivity index (χ0n) is 10.3. The van der Waals surface area contributed by atoms with Crippen LogP contribution in [0.2, 0.25) is 0 Å². The van der Waals surface area contributed by atoms with Gasteiger partial charge in [-0.25, -0.2) is 0 Å². The Labute approximate surface area is 101 Å². The molecule has 1 heterocycles. The SMILES string of the molecule is Cc1c(C2CCCCC2)n[nH]c1CCC(=O)O. The molecule has 0 aromatic carbocycles. The molecule has 0 spiro atoms. The first-order valence-corrected chi connectivity index (χ1v) is 6.44. The molecule has 0 unspecified atom stereocenters. The lowest BCUT2D eigenvalue weighted by Gasteiger charge is -2.20. The minimum atomic E-state index is -0.752. The summed E-state index contributed by atoms with van der Waals surface area (Å²) >= 11 is 0. The third kappa shape index (κ3) is 2.87. The smallest absolute Gasteiger partial charge is 0.303 e. The summed E-state index contributed by atoms with van der Waals surface area (Å²) in [5.74, 6) is -0.170. The Morgan fingerprint density at radius 3 is 2.76 bits per heavy atom. The van der Waals surface area contributed by atoms with Crippen LogP contribution in [0.25, 0.3) is 0 Å². The average Bonchev–Trinajstić information content (AvgIpc) is 2.69. The summed E-state index contributed by atoms with van der Waals surface area (Å²) in [4.78, 5) is 10.6. The number of H-pyrrole nitrogens is 1. The number of carboxylic acids is 1. The molecule has 1 aliphatic carbocycles. The number of aromatic amines is 1. The van der Waals surface area contributed by atoms with Crippen LogP contribution in [-0.2, 0) is 11.2 Å². The Hall–Kier alpha value is -1.32. The van der Waals surface area contributed by atoms with E-state index in [1.165, 1.54) is 43.4 Å². The largest absolute Gasteiger partial charge is 0.481 e. The number of hydrogen-bond donors (Lipinski definition) is 2. The average molecular weight is 236 g/mol. The van der Waals surface area contributed by atoms with Gasteiger partial charge in [-0.05, 0) is 31.7 Å². The normalized spacial score (nSPS) is 17.2. The number of aryl methyl sites for hydroxylation is 1. The predicted molar refractivity (Wildman–Crippen MR) is 65.1 cm³/mol. The van der Waals surface area contributed by atoms with Gasteiger partial charge in [0.15, 0.2) is 0 Å². The van der Waals surface area contributed by atoms with Crippen molar-refractivity contribution in [3.05, 3.63) is 17.0 Å². The number of aliphatic carboxylic acids is 1. The minimum Gasteiger partial charge on any atom is -0.481 e. The van der Waals surface area contributed by atoms with Crippen molar-refractivity contribution < 1.29 is 9.90 Å².